The zero-order chi connectivity index (χ0) is 18.7. The van der Waals surface area contributed by atoms with Gasteiger partial charge in [0, 0.05) is 31.6 Å². The first kappa shape index (κ1) is 18.0. The van der Waals surface area contributed by atoms with Gasteiger partial charge in [-0.2, -0.15) is 13.2 Å². The summed E-state index contributed by atoms with van der Waals surface area (Å²) in [5.74, 6) is -1.02. The predicted octanol–water partition coefficient (Wildman–Crippen LogP) is 2.96. The number of rotatable bonds is 5. The van der Waals surface area contributed by atoms with Crippen molar-refractivity contribution in [1.29, 1.82) is 0 Å². The predicted molar refractivity (Wildman–Crippen MR) is 85.5 cm³/mol. The van der Waals surface area contributed by atoms with Crippen molar-refractivity contribution < 1.29 is 27.2 Å². The lowest BCUT2D eigenvalue weighted by molar-refractivity contribution is -0.137. The van der Waals surface area contributed by atoms with Crippen molar-refractivity contribution in [3.63, 3.8) is 0 Å². The maximum atomic E-state index is 12.8. The topological polar surface area (TPSA) is 62.6 Å². The lowest BCUT2D eigenvalue weighted by Crippen LogP contribution is -2.32. The number of nitrogens with one attached hydrogen (secondary N) is 1. The van der Waals surface area contributed by atoms with Crippen molar-refractivity contribution >= 4 is 11.8 Å². The van der Waals surface area contributed by atoms with Gasteiger partial charge in [0.2, 0.25) is 11.8 Å². The standard InChI is InChI=1S/C18H17F3N2O3/c19-18(20,21)15-3-1-2-12(6-15)9-23-10-14(7-16(23)24)17(25)22-8-13-4-5-26-11-13/h1-6,11,14H,7-10H2,(H,22,25). The van der Waals surface area contributed by atoms with Crippen LogP contribution >= 0.6 is 0 Å². The first-order valence-electron chi connectivity index (χ1n) is 8.05. The van der Waals surface area contributed by atoms with Gasteiger partial charge in [-0.3, -0.25) is 9.59 Å². The molecule has 3 rings (SSSR count). The van der Waals surface area contributed by atoms with Gasteiger partial charge in [0.1, 0.15) is 0 Å². The molecule has 2 heterocycles. The summed E-state index contributed by atoms with van der Waals surface area (Å²) in [6, 6.07) is 6.59. The minimum absolute atomic E-state index is 0.0499. The van der Waals surface area contributed by atoms with E-state index in [2.05, 4.69) is 5.32 Å². The first-order valence-corrected chi connectivity index (χ1v) is 8.05. The smallest absolute Gasteiger partial charge is 0.416 e. The van der Waals surface area contributed by atoms with E-state index in [9.17, 15) is 22.8 Å². The lowest BCUT2D eigenvalue weighted by Gasteiger charge is -2.17. The number of furan rings is 1. The fourth-order valence-corrected chi connectivity index (χ4v) is 2.89. The molecule has 1 fully saturated rings. The number of halogens is 3. The molecular formula is C18H17F3N2O3. The number of hydrogen-bond acceptors (Lipinski definition) is 3. The van der Waals surface area contributed by atoms with Gasteiger partial charge < -0.3 is 14.6 Å². The third-order valence-electron chi connectivity index (χ3n) is 4.26. The average Bonchev–Trinajstić information content (AvgIpc) is 3.23. The molecule has 1 unspecified atom stereocenters. The number of nitrogens with zero attached hydrogens (tertiary/aromatic N) is 1. The summed E-state index contributed by atoms with van der Waals surface area (Å²) >= 11 is 0. The molecule has 1 saturated heterocycles. The molecule has 0 aliphatic carbocycles. The molecular weight excluding hydrogens is 349 g/mol. The second kappa shape index (κ2) is 7.23. The van der Waals surface area contributed by atoms with Crippen molar-refractivity contribution in [2.75, 3.05) is 6.54 Å². The summed E-state index contributed by atoms with van der Waals surface area (Å²) in [5, 5.41) is 2.73. The molecule has 1 N–H and O–H groups in total. The quantitative estimate of drug-likeness (QED) is 0.885. The Morgan fingerprint density at radius 2 is 2.08 bits per heavy atom. The molecule has 1 aliphatic rings. The monoisotopic (exact) mass is 366 g/mol. The van der Waals surface area contributed by atoms with E-state index >= 15 is 0 Å². The summed E-state index contributed by atoms with van der Waals surface area (Å²) < 4.78 is 43.3. The van der Waals surface area contributed by atoms with E-state index in [1.165, 1.54) is 29.6 Å². The third kappa shape index (κ3) is 4.25. The van der Waals surface area contributed by atoms with E-state index in [1.807, 2.05) is 0 Å². The second-order valence-electron chi connectivity index (χ2n) is 6.22. The third-order valence-corrected chi connectivity index (χ3v) is 4.26. The van der Waals surface area contributed by atoms with E-state index in [1.54, 1.807) is 6.07 Å². The Kier molecular flexibility index (Phi) is 5.01. The van der Waals surface area contributed by atoms with Crippen LogP contribution in [0.1, 0.15) is 23.1 Å². The fraction of sp³-hybridized carbons (Fsp3) is 0.333. The van der Waals surface area contributed by atoms with Crippen LogP contribution in [0, 0.1) is 5.92 Å². The Balaban J connectivity index is 1.58. The summed E-state index contributed by atoms with van der Waals surface area (Å²) in [4.78, 5) is 25.7. The van der Waals surface area contributed by atoms with Crippen molar-refractivity contribution in [1.82, 2.24) is 10.2 Å². The van der Waals surface area contributed by atoms with E-state index in [-0.39, 0.29) is 31.3 Å². The van der Waals surface area contributed by atoms with Crippen molar-refractivity contribution in [2.24, 2.45) is 5.92 Å². The Labute approximate surface area is 147 Å². The first-order chi connectivity index (χ1) is 12.3. The summed E-state index contributed by atoms with van der Waals surface area (Å²) in [5.41, 5.74) is 0.437. The van der Waals surface area contributed by atoms with Crippen LogP contribution in [0.25, 0.3) is 0 Å². The molecule has 1 aliphatic heterocycles. The normalized spacial score (nSPS) is 17.6. The zero-order valence-electron chi connectivity index (χ0n) is 13.8. The molecule has 2 aromatic rings. The van der Waals surface area contributed by atoms with Gasteiger partial charge in [0.15, 0.2) is 0 Å². The molecule has 26 heavy (non-hydrogen) atoms. The van der Waals surface area contributed by atoms with Gasteiger partial charge in [-0.05, 0) is 23.8 Å². The van der Waals surface area contributed by atoms with E-state index in [4.69, 9.17) is 4.42 Å². The highest BCUT2D eigenvalue weighted by atomic mass is 19.4. The Morgan fingerprint density at radius 1 is 1.27 bits per heavy atom. The number of carbonyl (C=O) groups is 2. The van der Waals surface area contributed by atoms with E-state index in [0.717, 1.165) is 17.7 Å². The van der Waals surface area contributed by atoms with Crippen LogP contribution in [0.4, 0.5) is 13.2 Å². The molecule has 0 radical (unpaired) electrons. The molecule has 138 valence electrons. The minimum atomic E-state index is -4.43. The Bertz CT molecular complexity index is 787. The van der Waals surface area contributed by atoms with Crippen LogP contribution < -0.4 is 5.32 Å². The molecule has 8 heteroatoms. The highest BCUT2D eigenvalue weighted by molar-refractivity contribution is 5.89. The molecule has 0 spiro atoms. The number of likely N-dealkylation sites (tertiary alicyclic amines) is 1. The van der Waals surface area contributed by atoms with Gasteiger partial charge in [0.05, 0.1) is 24.0 Å². The molecule has 0 bridgehead atoms. The van der Waals surface area contributed by atoms with Crippen molar-refractivity contribution in [3.8, 4) is 0 Å². The number of alkyl halides is 3. The Hall–Kier alpha value is -2.77. The second-order valence-corrected chi connectivity index (χ2v) is 6.22. The highest BCUT2D eigenvalue weighted by Gasteiger charge is 2.35. The zero-order valence-corrected chi connectivity index (χ0v) is 13.8. The van der Waals surface area contributed by atoms with Crippen molar-refractivity contribution in [3.05, 3.63) is 59.5 Å². The molecule has 1 aromatic heterocycles. The number of carbonyl (C=O) groups excluding carboxylic acids is 2. The van der Waals surface area contributed by atoms with Gasteiger partial charge in [0.25, 0.3) is 0 Å². The minimum Gasteiger partial charge on any atom is -0.472 e. The summed E-state index contributed by atoms with van der Waals surface area (Å²) in [6.07, 6.45) is -1.37. The molecule has 1 atom stereocenters. The average molecular weight is 366 g/mol. The summed E-state index contributed by atoms with van der Waals surface area (Å²) in [7, 11) is 0. The van der Waals surface area contributed by atoms with Gasteiger partial charge in [-0.25, -0.2) is 0 Å². The lowest BCUT2D eigenvalue weighted by atomic mass is 10.1. The van der Waals surface area contributed by atoms with Gasteiger partial charge >= 0.3 is 6.18 Å². The van der Waals surface area contributed by atoms with Crippen LogP contribution in [-0.4, -0.2) is 23.3 Å². The highest BCUT2D eigenvalue weighted by Crippen LogP contribution is 2.30. The molecule has 1 aromatic carbocycles. The number of amides is 2. The maximum Gasteiger partial charge on any atom is 0.416 e. The number of benzene rings is 1. The molecule has 0 saturated carbocycles. The molecule has 2 amide bonds. The van der Waals surface area contributed by atoms with Crippen LogP contribution in [0.15, 0.2) is 47.3 Å². The largest absolute Gasteiger partial charge is 0.472 e. The number of hydrogen-bond donors (Lipinski definition) is 1. The van der Waals surface area contributed by atoms with Crippen LogP contribution in [0.2, 0.25) is 0 Å². The Morgan fingerprint density at radius 3 is 2.77 bits per heavy atom. The van der Waals surface area contributed by atoms with E-state index in [0.29, 0.717) is 12.1 Å². The van der Waals surface area contributed by atoms with Gasteiger partial charge in [-0.1, -0.05) is 12.1 Å². The SMILES string of the molecule is O=C(NCc1ccoc1)C1CC(=O)N(Cc2cccc(C(F)(F)F)c2)C1. The van der Waals surface area contributed by atoms with Crippen LogP contribution in [-0.2, 0) is 28.9 Å². The van der Waals surface area contributed by atoms with Gasteiger partial charge in [-0.15, -0.1) is 0 Å². The summed E-state index contributed by atoms with van der Waals surface area (Å²) in [6.45, 7) is 0.536. The fourth-order valence-electron chi connectivity index (χ4n) is 2.89. The van der Waals surface area contributed by atoms with Crippen molar-refractivity contribution in [2.45, 2.75) is 25.7 Å². The maximum absolute atomic E-state index is 12.8. The van der Waals surface area contributed by atoms with Crippen LogP contribution in [0.3, 0.4) is 0 Å². The van der Waals surface area contributed by atoms with Crippen LogP contribution in [0.5, 0.6) is 0 Å². The van der Waals surface area contributed by atoms with E-state index < -0.39 is 17.7 Å². The molecule has 5 nitrogen and oxygen atoms in total.